The van der Waals surface area contributed by atoms with Crippen molar-refractivity contribution in [2.45, 2.75) is 0 Å². The summed E-state index contributed by atoms with van der Waals surface area (Å²) in [6, 6.07) is 0. The summed E-state index contributed by atoms with van der Waals surface area (Å²) in [5.74, 6) is -0.252. The number of thiocarbonyl (C=S) groups is 1. The second-order valence-electron chi connectivity index (χ2n) is 2.62. The van der Waals surface area contributed by atoms with Crippen molar-refractivity contribution in [1.82, 2.24) is 15.1 Å². The zero-order valence-electron chi connectivity index (χ0n) is 7.45. The SMILES string of the molecule is Cn1ncc(C(=O)NCC(N)=S)c1Br. The molecule has 0 aliphatic heterocycles. The number of amides is 1. The Kier molecular flexibility index (Phi) is 3.59. The molecule has 0 aliphatic rings. The maximum absolute atomic E-state index is 11.5. The minimum atomic E-state index is -0.252. The summed E-state index contributed by atoms with van der Waals surface area (Å²) < 4.78 is 2.17. The molecule has 1 amide bonds. The number of hydrogen-bond acceptors (Lipinski definition) is 3. The molecule has 0 saturated heterocycles. The molecule has 0 saturated carbocycles. The average Bonchev–Trinajstić information content (AvgIpc) is 2.44. The molecule has 1 aromatic rings. The molecular weight excluding hydrogens is 268 g/mol. The molecule has 0 atom stereocenters. The lowest BCUT2D eigenvalue weighted by atomic mass is 10.3. The van der Waals surface area contributed by atoms with Gasteiger partial charge in [-0.05, 0) is 15.9 Å². The number of carbonyl (C=O) groups excluding carboxylic acids is 1. The van der Waals surface area contributed by atoms with E-state index in [1.807, 2.05) is 0 Å². The van der Waals surface area contributed by atoms with Crippen LogP contribution in [0.4, 0.5) is 0 Å². The number of hydrogen-bond donors (Lipinski definition) is 2. The molecule has 1 aromatic heterocycles. The van der Waals surface area contributed by atoms with E-state index >= 15 is 0 Å². The van der Waals surface area contributed by atoms with Crippen LogP contribution in [0.1, 0.15) is 10.4 Å². The molecule has 0 unspecified atom stereocenters. The molecular formula is C7H9BrN4OS. The lowest BCUT2D eigenvalue weighted by Gasteiger charge is -2.01. The predicted octanol–water partition coefficient (Wildman–Crippen LogP) is 0.199. The first kappa shape index (κ1) is 11.1. The third-order valence-electron chi connectivity index (χ3n) is 1.53. The number of nitrogens with one attached hydrogen (secondary N) is 1. The highest BCUT2D eigenvalue weighted by atomic mass is 79.9. The van der Waals surface area contributed by atoms with Gasteiger partial charge in [-0.15, -0.1) is 0 Å². The maximum Gasteiger partial charge on any atom is 0.256 e. The fourth-order valence-corrected chi connectivity index (χ4v) is 1.28. The van der Waals surface area contributed by atoms with Crippen molar-refractivity contribution in [2.24, 2.45) is 12.8 Å². The second kappa shape index (κ2) is 4.52. The molecule has 5 nitrogen and oxygen atoms in total. The van der Waals surface area contributed by atoms with Crippen LogP contribution in [-0.2, 0) is 7.05 Å². The fourth-order valence-electron chi connectivity index (χ4n) is 0.838. The van der Waals surface area contributed by atoms with Gasteiger partial charge in [-0.2, -0.15) is 5.10 Å². The van der Waals surface area contributed by atoms with Crippen molar-refractivity contribution in [1.29, 1.82) is 0 Å². The number of aryl methyl sites for hydroxylation is 1. The number of rotatable bonds is 3. The van der Waals surface area contributed by atoms with Crippen LogP contribution < -0.4 is 11.1 Å². The van der Waals surface area contributed by atoms with Gasteiger partial charge in [0.2, 0.25) is 0 Å². The molecule has 0 spiro atoms. The van der Waals surface area contributed by atoms with Gasteiger partial charge < -0.3 is 11.1 Å². The van der Waals surface area contributed by atoms with Crippen molar-refractivity contribution < 1.29 is 4.79 Å². The van der Waals surface area contributed by atoms with Crippen molar-refractivity contribution in [3.63, 3.8) is 0 Å². The van der Waals surface area contributed by atoms with Gasteiger partial charge in [0.05, 0.1) is 23.3 Å². The molecule has 0 fully saturated rings. The third kappa shape index (κ3) is 2.52. The van der Waals surface area contributed by atoms with Crippen LogP contribution in [0.2, 0.25) is 0 Å². The third-order valence-corrected chi connectivity index (χ3v) is 2.62. The Hall–Kier alpha value is -0.950. The minimum absolute atomic E-state index is 0.190. The van der Waals surface area contributed by atoms with E-state index in [2.05, 4.69) is 38.6 Å². The average molecular weight is 277 g/mol. The summed E-state index contributed by atoms with van der Waals surface area (Å²) >= 11 is 7.87. The number of aromatic nitrogens is 2. The van der Waals surface area contributed by atoms with Crippen molar-refractivity contribution >= 4 is 39.0 Å². The van der Waals surface area contributed by atoms with Gasteiger partial charge in [0.1, 0.15) is 4.60 Å². The van der Waals surface area contributed by atoms with E-state index in [1.54, 1.807) is 11.7 Å². The summed E-state index contributed by atoms with van der Waals surface area (Å²) in [5.41, 5.74) is 5.71. The monoisotopic (exact) mass is 276 g/mol. The number of nitrogens with zero attached hydrogens (tertiary/aromatic N) is 2. The highest BCUT2D eigenvalue weighted by Crippen LogP contribution is 2.14. The van der Waals surface area contributed by atoms with E-state index in [4.69, 9.17) is 5.73 Å². The van der Waals surface area contributed by atoms with Crippen LogP contribution >= 0.6 is 28.1 Å². The van der Waals surface area contributed by atoms with Gasteiger partial charge in [-0.1, -0.05) is 12.2 Å². The van der Waals surface area contributed by atoms with E-state index < -0.39 is 0 Å². The molecule has 1 rings (SSSR count). The normalized spacial score (nSPS) is 9.86. The van der Waals surface area contributed by atoms with E-state index in [0.29, 0.717) is 10.2 Å². The van der Waals surface area contributed by atoms with Crippen molar-refractivity contribution in [3.8, 4) is 0 Å². The quantitative estimate of drug-likeness (QED) is 0.774. The molecule has 76 valence electrons. The van der Waals surface area contributed by atoms with Crippen LogP contribution in [0.5, 0.6) is 0 Å². The second-order valence-corrected chi connectivity index (χ2v) is 3.90. The van der Waals surface area contributed by atoms with Gasteiger partial charge in [-0.25, -0.2) is 0 Å². The standard InChI is InChI=1S/C7H9BrN4OS/c1-12-6(8)4(2-11-12)7(13)10-3-5(9)14/h2H,3H2,1H3,(H2,9,14)(H,10,13). The van der Waals surface area contributed by atoms with E-state index in [0.717, 1.165) is 0 Å². The van der Waals surface area contributed by atoms with Crippen LogP contribution in [0, 0.1) is 0 Å². The number of nitrogens with two attached hydrogens (primary N) is 1. The zero-order chi connectivity index (χ0) is 10.7. The summed E-state index contributed by atoms with van der Waals surface area (Å²) in [5, 5.41) is 6.47. The first-order valence-corrected chi connectivity index (χ1v) is 4.96. The number of halogens is 1. The summed E-state index contributed by atoms with van der Waals surface area (Å²) in [6.45, 7) is 0.190. The van der Waals surface area contributed by atoms with Crippen molar-refractivity contribution in [2.75, 3.05) is 6.54 Å². The first-order chi connectivity index (χ1) is 6.52. The van der Waals surface area contributed by atoms with E-state index in [-0.39, 0.29) is 17.4 Å². The van der Waals surface area contributed by atoms with Crippen LogP contribution in [0.15, 0.2) is 10.8 Å². The highest BCUT2D eigenvalue weighted by Gasteiger charge is 2.13. The van der Waals surface area contributed by atoms with Crippen LogP contribution in [-0.4, -0.2) is 27.2 Å². The van der Waals surface area contributed by atoms with E-state index in [9.17, 15) is 4.79 Å². The highest BCUT2D eigenvalue weighted by molar-refractivity contribution is 9.10. The molecule has 1 heterocycles. The molecule has 3 N–H and O–H groups in total. The summed E-state index contributed by atoms with van der Waals surface area (Å²) in [7, 11) is 1.73. The Morgan fingerprint density at radius 1 is 1.86 bits per heavy atom. The smallest absolute Gasteiger partial charge is 0.256 e. The van der Waals surface area contributed by atoms with Gasteiger partial charge in [-0.3, -0.25) is 9.48 Å². The Labute approximate surface area is 94.8 Å². The Morgan fingerprint density at radius 2 is 2.50 bits per heavy atom. The molecule has 0 aliphatic carbocycles. The van der Waals surface area contributed by atoms with Gasteiger partial charge >= 0.3 is 0 Å². The van der Waals surface area contributed by atoms with E-state index in [1.165, 1.54) is 6.20 Å². The van der Waals surface area contributed by atoms with Gasteiger partial charge in [0, 0.05) is 7.05 Å². The van der Waals surface area contributed by atoms with Crippen LogP contribution in [0.25, 0.3) is 0 Å². The Morgan fingerprint density at radius 3 is 2.93 bits per heavy atom. The number of carbonyl (C=O) groups is 1. The topological polar surface area (TPSA) is 72.9 Å². The van der Waals surface area contributed by atoms with Gasteiger partial charge in [0.25, 0.3) is 5.91 Å². The molecule has 0 aromatic carbocycles. The lowest BCUT2D eigenvalue weighted by Crippen LogP contribution is -2.32. The zero-order valence-corrected chi connectivity index (χ0v) is 9.85. The summed E-state index contributed by atoms with van der Waals surface area (Å²) in [6.07, 6.45) is 1.47. The van der Waals surface area contributed by atoms with Gasteiger partial charge in [0.15, 0.2) is 0 Å². The minimum Gasteiger partial charge on any atom is -0.392 e. The molecule has 7 heteroatoms. The summed E-state index contributed by atoms with van der Waals surface area (Å²) in [4.78, 5) is 11.7. The molecule has 0 radical (unpaired) electrons. The first-order valence-electron chi connectivity index (χ1n) is 3.76. The predicted molar refractivity (Wildman–Crippen MR) is 60.0 cm³/mol. The fraction of sp³-hybridized carbons (Fsp3) is 0.286. The van der Waals surface area contributed by atoms with Crippen LogP contribution in [0.3, 0.4) is 0 Å². The Balaban J connectivity index is 2.70. The van der Waals surface area contributed by atoms with Crippen molar-refractivity contribution in [3.05, 3.63) is 16.4 Å². The Bertz CT molecular complexity index is 376. The largest absolute Gasteiger partial charge is 0.392 e. The maximum atomic E-state index is 11.5. The molecule has 0 bridgehead atoms. The molecule has 14 heavy (non-hydrogen) atoms. The lowest BCUT2D eigenvalue weighted by molar-refractivity contribution is 0.0958.